The first kappa shape index (κ1) is 28.7. The van der Waals surface area contributed by atoms with Gasteiger partial charge in [0.25, 0.3) is 10.0 Å². The number of thiophene rings is 1. The van der Waals surface area contributed by atoms with Gasteiger partial charge >= 0.3 is 12.1 Å². The molecule has 0 radical (unpaired) electrons. The van der Waals surface area contributed by atoms with Gasteiger partial charge in [0, 0.05) is 46.3 Å². The summed E-state index contributed by atoms with van der Waals surface area (Å²) < 4.78 is 67.7. The van der Waals surface area contributed by atoms with Crippen molar-refractivity contribution in [3.8, 4) is 11.1 Å². The zero-order chi connectivity index (χ0) is 28.7. The fraction of sp³-hybridized carbons (Fsp3) is 0.231. The molecule has 0 amide bonds. The summed E-state index contributed by atoms with van der Waals surface area (Å²) in [6, 6.07) is 13.6. The minimum absolute atomic E-state index is 0.0248. The Balaban J connectivity index is 2.08. The zero-order valence-corrected chi connectivity index (χ0v) is 23.6. The Kier molecular flexibility index (Phi) is 7.84. The molecule has 4 aromatic rings. The number of aromatic nitrogens is 1. The van der Waals surface area contributed by atoms with Crippen molar-refractivity contribution >= 4 is 60.5 Å². The number of pyridine rings is 1. The Labute approximate surface area is 232 Å². The lowest BCUT2D eigenvalue weighted by molar-refractivity contribution is -0.199. The number of aryl methyl sites for hydroxylation is 2. The highest BCUT2D eigenvalue weighted by atomic mass is 35.5. The number of carbonyl (C=O) groups excluding carboxylic acids is 1. The molecule has 7 nitrogen and oxygen atoms in total. The highest BCUT2D eigenvalue weighted by molar-refractivity contribution is 7.92. The SMILES string of the molecule is CCc1sc2nc(C)cc(N(OC(=O)C(F)(F)F)S(=O)(=O)c3cccc(Cl)c3)c2c1-c1cccc(N(C)C)c1. The molecule has 0 spiro atoms. The predicted octanol–water partition coefficient (Wildman–Crippen LogP) is 6.77. The van der Waals surface area contributed by atoms with Crippen LogP contribution in [0.1, 0.15) is 17.5 Å². The topological polar surface area (TPSA) is 79.8 Å². The molecule has 13 heteroatoms. The maximum atomic E-state index is 13.8. The van der Waals surface area contributed by atoms with Gasteiger partial charge in [-0.05, 0) is 55.3 Å². The second kappa shape index (κ2) is 10.7. The van der Waals surface area contributed by atoms with Crippen molar-refractivity contribution in [1.29, 1.82) is 0 Å². The van der Waals surface area contributed by atoms with E-state index < -0.39 is 27.1 Å². The largest absolute Gasteiger partial charge is 0.493 e. The molecule has 0 fully saturated rings. The molecule has 2 heterocycles. The minimum Gasteiger partial charge on any atom is -0.378 e. The molecule has 206 valence electrons. The van der Waals surface area contributed by atoms with E-state index in [0.717, 1.165) is 22.7 Å². The first-order chi connectivity index (χ1) is 18.2. The van der Waals surface area contributed by atoms with Crippen molar-refractivity contribution in [3.05, 3.63) is 70.2 Å². The molecule has 0 aliphatic rings. The van der Waals surface area contributed by atoms with Crippen molar-refractivity contribution in [2.75, 3.05) is 23.5 Å². The summed E-state index contributed by atoms with van der Waals surface area (Å²) in [5.74, 6) is -2.70. The predicted molar refractivity (Wildman–Crippen MR) is 147 cm³/mol. The highest BCUT2D eigenvalue weighted by Gasteiger charge is 2.45. The van der Waals surface area contributed by atoms with Crippen LogP contribution in [0.2, 0.25) is 5.02 Å². The van der Waals surface area contributed by atoms with Crippen molar-refractivity contribution < 1.29 is 31.2 Å². The van der Waals surface area contributed by atoms with Crippen LogP contribution in [-0.2, 0) is 26.1 Å². The molecule has 0 saturated heterocycles. The Bertz CT molecular complexity index is 1670. The number of nitrogens with zero attached hydrogens (tertiary/aromatic N) is 3. The standard InChI is InChI=1S/C26H23ClF3N3O4S2/c1-5-21-22(16-8-6-10-18(13-16)32(3)4)23-20(12-15(2)31-24(23)38-21)33(37-25(34)26(28,29)30)39(35,36)19-11-7-9-17(27)14-19/h6-14H,5H2,1-4H3. The smallest absolute Gasteiger partial charge is 0.378 e. The molecule has 39 heavy (non-hydrogen) atoms. The minimum atomic E-state index is -5.46. The van der Waals surface area contributed by atoms with E-state index in [1.807, 2.05) is 50.2 Å². The molecule has 2 aromatic carbocycles. The number of hydrogen-bond acceptors (Lipinski definition) is 7. The number of benzene rings is 2. The summed E-state index contributed by atoms with van der Waals surface area (Å²) in [7, 11) is -1.17. The second-order valence-electron chi connectivity index (χ2n) is 8.73. The van der Waals surface area contributed by atoms with E-state index >= 15 is 0 Å². The average Bonchev–Trinajstić information content (AvgIpc) is 3.24. The summed E-state index contributed by atoms with van der Waals surface area (Å²) in [5, 5.41) is 0.262. The highest BCUT2D eigenvalue weighted by Crippen LogP contribution is 2.45. The molecule has 0 atom stereocenters. The van der Waals surface area contributed by atoms with Crippen LogP contribution < -0.4 is 9.37 Å². The van der Waals surface area contributed by atoms with Crippen LogP contribution in [0.15, 0.2) is 59.5 Å². The van der Waals surface area contributed by atoms with Crippen LogP contribution in [0, 0.1) is 6.92 Å². The van der Waals surface area contributed by atoms with Gasteiger partial charge in [-0.2, -0.15) is 21.6 Å². The van der Waals surface area contributed by atoms with Crippen LogP contribution >= 0.6 is 22.9 Å². The Morgan fingerprint density at radius 3 is 2.41 bits per heavy atom. The summed E-state index contributed by atoms with van der Waals surface area (Å²) in [6.07, 6.45) is -4.93. The number of anilines is 2. The van der Waals surface area contributed by atoms with Crippen LogP contribution in [0.5, 0.6) is 0 Å². The zero-order valence-electron chi connectivity index (χ0n) is 21.2. The van der Waals surface area contributed by atoms with Crippen molar-refractivity contribution in [2.45, 2.75) is 31.3 Å². The van der Waals surface area contributed by atoms with Crippen LogP contribution in [0.25, 0.3) is 21.3 Å². The molecular formula is C26H23ClF3N3O4S2. The summed E-state index contributed by atoms with van der Waals surface area (Å²) in [6.45, 7) is 3.47. The molecule has 0 bridgehead atoms. The number of halogens is 4. The van der Waals surface area contributed by atoms with Gasteiger partial charge in [-0.15, -0.1) is 11.3 Å². The molecule has 0 aliphatic heterocycles. The van der Waals surface area contributed by atoms with Gasteiger partial charge in [0.15, 0.2) is 0 Å². The summed E-state index contributed by atoms with van der Waals surface area (Å²) in [5.41, 5.74) is 2.15. The molecule has 2 aromatic heterocycles. The van der Waals surface area contributed by atoms with Gasteiger partial charge in [-0.1, -0.05) is 41.2 Å². The fourth-order valence-electron chi connectivity index (χ4n) is 3.96. The number of carbonyl (C=O) groups is 1. The van der Waals surface area contributed by atoms with Gasteiger partial charge in [-0.3, -0.25) is 0 Å². The maximum Gasteiger partial charge on any atom is 0.493 e. The lowest BCUT2D eigenvalue weighted by Crippen LogP contribution is -2.39. The molecule has 0 unspecified atom stereocenters. The lowest BCUT2D eigenvalue weighted by Gasteiger charge is -2.24. The van der Waals surface area contributed by atoms with Crippen molar-refractivity contribution in [1.82, 2.24) is 4.98 Å². The maximum absolute atomic E-state index is 13.8. The molecule has 0 saturated carbocycles. The third-order valence-corrected chi connectivity index (χ3v) is 8.74. The van der Waals surface area contributed by atoms with Gasteiger partial charge in [-0.25, -0.2) is 9.78 Å². The van der Waals surface area contributed by atoms with Gasteiger partial charge in [0.05, 0.1) is 4.90 Å². The van der Waals surface area contributed by atoms with Crippen LogP contribution in [0.4, 0.5) is 24.5 Å². The van der Waals surface area contributed by atoms with Crippen molar-refractivity contribution in [2.24, 2.45) is 0 Å². The van der Waals surface area contributed by atoms with Gasteiger partial charge < -0.3 is 9.74 Å². The van der Waals surface area contributed by atoms with E-state index in [1.165, 1.54) is 29.5 Å². The molecule has 0 aliphatic carbocycles. The number of fused-ring (bicyclic) bond motifs is 1. The van der Waals surface area contributed by atoms with E-state index in [9.17, 15) is 26.4 Å². The van der Waals surface area contributed by atoms with Crippen LogP contribution in [-0.4, -0.2) is 39.6 Å². The fourth-order valence-corrected chi connectivity index (χ4v) is 6.70. The number of hydrogen-bond donors (Lipinski definition) is 0. The molecular weight excluding hydrogens is 575 g/mol. The van der Waals surface area contributed by atoms with E-state index in [1.54, 1.807) is 6.92 Å². The average molecular weight is 598 g/mol. The van der Waals surface area contributed by atoms with E-state index in [-0.39, 0.29) is 20.6 Å². The van der Waals surface area contributed by atoms with E-state index in [4.69, 9.17) is 11.6 Å². The normalized spacial score (nSPS) is 12.0. The second-order valence-corrected chi connectivity index (χ2v) is 12.0. The third-order valence-electron chi connectivity index (χ3n) is 5.72. The Morgan fingerprint density at radius 1 is 1.10 bits per heavy atom. The Morgan fingerprint density at radius 2 is 1.79 bits per heavy atom. The quantitative estimate of drug-likeness (QED) is 0.219. The molecule has 4 rings (SSSR count). The Hall–Kier alpha value is -3.35. The summed E-state index contributed by atoms with van der Waals surface area (Å²) >= 11 is 7.27. The third kappa shape index (κ3) is 5.68. The van der Waals surface area contributed by atoms with Gasteiger partial charge in [0.1, 0.15) is 10.5 Å². The number of sulfonamides is 1. The monoisotopic (exact) mass is 597 g/mol. The first-order valence-electron chi connectivity index (χ1n) is 11.5. The van der Waals surface area contributed by atoms with E-state index in [2.05, 4.69) is 9.82 Å². The van der Waals surface area contributed by atoms with E-state index in [0.29, 0.717) is 28.1 Å². The summed E-state index contributed by atoms with van der Waals surface area (Å²) in [4.78, 5) is 23.8. The van der Waals surface area contributed by atoms with Crippen molar-refractivity contribution in [3.63, 3.8) is 0 Å². The number of alkyl halides is 3. The van der Waals surface area contributed by atoms with Crippen LogP contribution in [0.3, 0.4) is 0 Å². The molecule has 0 N–H and O–H groups in total. The number of rotatable bonds is 7. The van der Waals surface area contributed by atoms with Gasteiger partial charge in [0.2, 0.25) is 0 Å². The first-order valence-corrected chi connectivity index (χ1v) is 14.2. The lowest BCUT2D eigenvalue weighted by atomic mass is 10.00.